The number of anilines is 1. The van der Waals surface area contributed by atoms with E-state index in [4.69, 9.17) is 9.47 Å². The molecule has 0 spiro atoms. The van der Waals surface area contributed by atoms with Gasteiger partial charge in [-0.25, -0.2) is 0 Å². The molecule has 2 aliphatic rings. The van der Waals surface area contributed by atoms with Crippen LogP contribution in [0.4, 0.5) is 5.69 Å². The van der Waals surface area contributed by atoms with Crippen LogP contribution >= 0.6 is 0 Å². The van der Waals surface area contributed by atoms with Gasteiger partial charge in [-0.05, 0) is 30.2 Å². The number of hydrogen-bond donors (Lipinski definition) is 2. The normalized spacial score (nSPS) is 18.0. The summed E-state index contributed by atoms with van der Waals surface area (Å²) in [5.74, 6) is 0.489. The Balaban J connectivity index is 1.21. The number of H-pyrrole nitrogens is 1. The molecule has 0 bridgehead atoms. The maximum atomic E-state index is 13.0. The van der Waals surface area contributed by atoms with Gasteiger partial charge in [-0.2, -0.15) is 0 Å². The number of aromatic nitrogens is 1. The molecule has 2 aromatic carbocycles. The van der Waals surface area contributed by atoms with Crippen molar-refractivity contribution in [1.82, 2.24) is 15.2 Å². The highest BCUT2D eigenvalue weighted by Crippen LogP contribution is 2.33. The number of fused-ring (bicyclic) bond motifs is 2. The standard InChI is InChI=1S/C25H28N4O4/c30-24(26-10-9-18-15-27-20-6-2-1-5-19(18)20)17-29-16-23(25(31)28-11-13-32-14-12-28)33-22-8-4-3-7-21(22)29/h1-8,15,23,27H,9-14,16-17H2,(H,26,30)/t23-/m1/s1. The van der Waals surface area contributed by atoms with Crippen molar-refractivity contribution >= 4 is 28.4 Å². The van der Waals surface area contributed by atoms with Crippen molar-refractivity contribution in [2.45, 2.75) is 12.5 Å². The first kappa shape index (κ1) is 21.3. The molecule has 1 atom stereocenters. The Morgan fingerprint density at radius 3 is 2.73 bits per heavy atom. The molecule has 2 amide bonds. The van der Waals surface area contributed by atoms with Gasteiger partial charge in [0.2, 0.25) is 5.91 Å². The lowest BCUT2D eigenvalue weighted by molar-refractivity contribution is -0.142. The minimum absolute atomic E-state index is 0.0578. The third-order valence-corrected chi connectivity index (χ3v) is 6.19. The lowest BCUT2D eigenvalue weighted by Crippen LogP contribution is -2.54. The first-order chi connectivity index (χ1) is 16.2. The van der Waals surface area contributed by atoms with Crippen molar-refractivity contribution in [1.29, 1.82) is 0 Å². The summed E-state index contributed by atoms with van der Waals surface area (Å²) in [5.41, 5.74) is 3.11. The van der Waals surface area contributed by atoms with Crippen LogP contribution < -0.4 is 15.0 Å². The molecule has 8 heteroatoms. The van der Waals surface area contributed by atoms with Crippen molar-refractivity contribution < 1.29 is 19.1 Å². The Morgan fingerprint density at radius 2 is 1.85 bits per heavy atom. The van der Waals surface area contributed by atoms with Gasteiger partial charge in [0, 0.05) is 36.7 Å². The van der Waals surface area contributed by atoms with Crippen molar-refractivity contribution in [3.05, 3.63) is 60.3 Å². The van der Waals surface area contributed by atoms with Crippen LogP contribution in [-0.2, 0) is 20.7 Å². The molecule has 5 rings (SSSR count). The Labute approximate surface area is 192 Å². The first-order valence-corrected chi connectivity index (χ1v) is 11.4. The van der Waals surface area contributed by atoms with Gasteiger partial charge in [0.25, 0.3) is 5.91 Å². The number of nitrogens with zero attached hydrogens (tertiary/aromatic N) is 2. The minimum Gasteiger partial charge on any atom is -0.477 e. The molecule has 172 valence electrons. The van der Waals surface area contributed by atoms with E-state index in [1.54, 1.807) is 4.90 Å². The second kappa shape index (κ2) is 9.54. The van der Waals surface area contributed by atoms with Gasteiger partial charge in [-0.15, -0.1) is 0 Å². The lowest BCUT2D eigenvalue weighted by Gasteiger charge is -2.38. The van der Waals surface area contributed by atoms with Crippen LogP contribution in [0.3, 0.4) is 0 Å². The van der Waals surface area contributed by atoms with Gasteiger partial charge in [-0.3, -0.25) is 9.59 Å². The quantitative estimate of drug-likeness (QED) is 0.602. The van der Waals surface area contributed by atoms with E-state index in [0.717, 1.165) is 17.6 Å². The minimum atomic E-state index is -0.642. The highest BCUT2D eigenvalue weighted by Gasteiger charge is 2.34. The van der Waals surface area contributed by atoms with Crippen LogP contribution in [0.2, 0.25) is 0 Å². The number of benzene rings is 2. The lowest BCUT2D eigenvalue weighted by atomic mass is 10.1. The molecule has 0 unspecified atom stereocenters. The zero-order valence-electron chi connectivity index (χ0n) is 18.5. The van der Waals surface area contributed by atoms with Crippen molar-refractivity contribution in [2.75, 3.05) is 50.8 Å². The van der Waals surface area contributed by atoms with Crippen LogP contribution in [0.15, 0.2) is 54.7 Å². The largest absolute Gasteiger partial charge is 0.477 e. The maximum absolute atomic E-state index is 13.0. The summed E-state index contributed by atoms with van der Waals surface area (Å²) in [6.45, 7) is 3.26. The molecule has 0 aliphatic carbocycles. The van der Waals surface area contributed by atoms with Gasteiger partial charge in [0.15, 0.2) is 6.10 Å². The number of para-hydroxylation sites is 3. The summed E-state index contributed by atoms with van der Waals surface area (Å²) in [7, 11) is 0. The average molecular weight is 449 g/mol. The van der Waals surface area contributed by atoms with Crippen molar-refractivity contribution in [3.8, 4) is 5.75 Å². The van der Waals surface area contributed by atoms with Gasteiger partial charge in [0.1, 0.15) is 5.75 Å². The number of carbonyl (C=O) groups is 2. The first-order valence-electron chi connectivity index (χ1n) is 11.4. The van der Waals surface area contributed by atoms with E-state index in [2.05, 4.69) is 16.4 Å². The molecule has 0 saturated carbocycles. The molecule has 1 fully saturated rings. The highest BCUT2D eigenvalue weighted by molar-refractivity contribution is 5.86. The maximum Gasteiger partial charge on any atom is 0.265 e. The van der Waals surface area contributed by atoms with Gasteiger partial charge < -0.3 is 29.6 Å². The molecule has 8 nitrogen and oxygen atoms in total. The predicted octanol–water partition coefficient (Wildman–Crippen LogP) is 1.95. The molecular weight excluding hydrogens is 420 g/mol. The molecule has 3 heterocycles. The number of morpholine rings is 1. The number of nitrogens with one attached hydrogen (secondary N) is 2. The molecule has 2 N–H and O–H groups in total. The van der Waals surface area contributed by atoms with E-state index < -0.39 is 6.10 Å². The van der Waals surface area contributed by atoms with Gasteiger partial charge in [0.05, 0.1) is 32.0 Å². The second-order valence-electron chi connectivity index (χ2n) is 8.35. The third kappa shape index (κ3) is 4.66. The monoisotopic (exact) mass is 448 g/mol. The molecule has 1 aromatic heterocycles. The van der Waals surface area contributed by atoms with Crippen molar-refractivity contribution in [3.63, 3.8) is 0 Å². The summed E-state index contributed by atoms with van der Waals surface area (Å²) in [5, 5.41) is 4.20. The van der Waals surface area contributed by atoms with E-state index in [9.17, 15) is 9.59 Å². The Morgan fingerprint density at radius 1 is 1.06 bits per heavy atom. The van der Waals surface area contributed by atoms with Crippen LogP contribution in [0.1, 0.15) is 5.56 Å². The van der Waals surface area contributed by atoms with Gasteiger partial charge >= 0.3 is 0 Å². The van der Waals surface area contributed by atoms with E-state index in [1.807, 2.05) is 53.6 Å². The fraction of sp³-hybridized carbons (Fsp3) is 0.360. The molecule has 3 aromatic rings. The Bertz CT molecular complexity index is 1140. The number of amides is 2. The van der Waals surface area contributed by atoms with Gasteiger partial charge in [-0.1, -0.05) is 30.3 Å². The number of rotatable bonds is 6. The molecule has 33 heavy (non-hydrogen) atoms. The number of ether oxygens (including phenoxy) is 2. The summed E-state index contributed by atoms with van der Waals surface area (Å²) in [6.07, 6.45) is 2.10. The fourth-order valence-corrected chi connectivity index (χ4v) is 4.48. The Kier molecular flexibility index (Phi) is 6.17. The SMILES string of the molecule is O=C(CN1C[C@H](C(=O)N2CCOCC2)Oc2ccccc21)NCCc1c[nH]c2ccccc12. The van der Waals surface area contributed by atoms with E-state index in [1.165, 1.54) is 10.9 Å². The summed E-state index contributed by atoms with van der Waals surface area (Å²) in [4.78, 5) is 32.8. The zero-order chi connectivity index (χ0) is 22.6. The van der Waals surface area contributed by atoms with E-state index in [0.29, 0.717) is 45.1 Å². The van der Waals surface area contributed by atoms with E-state index >= 15 is 0 Å². The fourth-order valence-electron chi connectivity index (χ4n) is 4.48. The zero-order valence-corrected chi connectivity index (χ0v) is 18.5. The molecule has 1 saturated heterocycles. The van der Waals surface area contributed by atoms with Crippen molar-refractivity contribution in [2.24, 2.45) is 0 Å². The molecular formula is C25H28N4O4. The topological polar surface area (TPSA) is 86.9 Å². The highest BCUT2D eigenvalue weighted by atomic mass is 16.5. The summed E-state index contributed by atoms with van der Waals surface area (Å²) in [6, 6.07) is 15.7. The van der Waals surface area contributed by atoms with Crippen LogP contribution in [0.5, 0.6) is 5.75 Å². The predicted molar refractivity (Wildman–Crippen MR) is 125 cm³/mol. The number of carbonyl (C=O) groups excluding carboxylic acids is 2. The summed E-state index contributed by atoms with van der Waals surface area (Å²) >= 11 is 0. The second-order valence-corrected chi connectivity index (χ2v) is 8.35. The number of aromatic amines is 1. The molecule has 0 radical (unpaired) electrons. The number of hydrogen-bond acceptors (Lipinski definition) is 5. The van der Waals surface area contributed by atoms with Crippen LogP contribution in [0.25, 0.3) is 10.9 Å². The molecule has 2 aliphatic heterocycles. The average Bonchev–Trinajstić information content (AvgIpc) is 3.27. The van der Waals surface area contributed by atoms with Crippen LogP contribution in [-0.4, -0.2) is 73.7 Å². The van der Waals surface area contributed by atoms with E-state index in [-0.39, 0.29) is 18.4 Å². The smallest absolute Gasteiger partial charge is 0.265 e. The third-order valence-electron chi connectivity index (χ3n) is 6.19. The van der Waals surface area contributed by atoms with Crippen LogP contribution in [0, 0.1) is 0 Å². The Hall–Kier alpha value is -3.52. The summed E-state index contributed by atoms with van der Waals surface area (Å²) < 4.78 is 11.4.